The number of aliphatic hydroxyl groups is 1. The lowest BCUT2D eigenvalue weighted by Gasteiger charge is -2.13. The summed E-state index contributed by atoms with van der Waals surface area (Å²) < 4.78 is 0. The highest BCUT2D eigenvalue weighted by atomic mass is 35.5. The van der Waals surface area contributed by atoms with Crippen LogP contribution in [0.25, 0.3) is 0 Å². The molecule has 0 aliphatic heterocycles. The van der Waals surface area contributed by atoms with Crippen LogP contribution < -0.4 is 10.6 Å². The van der Waals surface area contributed by atoms with Gasteiger partial charge in [0.2, 0.25) is 0 Å². The van der Waals surface area contributed by atoms with E-state index < -0.39 is 24.6 Å². The molecule has 0 spiro atoms. The lowest BCUT2D eigenvalue weighted by Crippen LogP contribution is -2.45. The average Bonchev–Trinajstić information content (AvgIpc) is 2.30. The third-order valence-electron chi connectivity index (χ3n) is 2.16. The zero-order valence-corrected chi connectivity index (χ0v) is 10.4. The minimum atomic E-state index is -1.35. The van der Waals surface area contributed by atoms with Gasteiger partial charge in [-0.15, -0.1) is 0 Å². The number of hydrogen-bond donors (Lipinski definition) is 4. The number of hydrogen-bond acceptors (Lipinski definition) is 3. The number of aliphatic carboxylic acids is 1. The minimum absolute atomic E-state index is 0.339. The average molecular weight is 273 g/mol. The number of aryl methyl sites for hydroxylation is 1. The van der Waals surface area contributed by atoms with Crippen molar-refractivity contribution in [3.05, 3.63) is 28.8 Å². The van der Waals surface area contributed by atoms with Crippen LogP contribution in [0.5, 0.6) is 0 Å². The van der Waals surface area contributed by atoms with Crippen molar-refractivity contribution in [1.82, 2.24) is 5.32 Å². The Bertz CT molecular complexity index is 464. The van der Waals surface area contributed by atoms with Gasteiger partial charge in [0.25, 0.3) is 0 Å². The smallest absolute Gasteiger partial charge is 0.328 e. The molecule has 0 saturated carbocycles. The molecule has 1 atom stereocenters. The summed E-state index contributed by atoms with van der Waals surface area (Å²) in [6.07, 6.45) is 0. The molecule has 0 bridgehead atoms. The van der Waals surface area contributed by atoms with Gasteiger partial charge in [-0.1, -0.05) is 17.7 Å². The largest absolute Gasteiger partial charge is 0.480 e. The Labute approximate surface area is 109 Å². The van der Waals surface area contributed by atoms with Gasteiger partial charge in [-0.05, 0) is 24.6 Å². The third-order valence-corrected chi connectivity index (χ3v) is 2.49. The topological polar surface area (TPSA) is 98.7 Å². The van der Waals surface area contributed by atoms with Crippen molar-refractivity contribution < 1.29 is 19.8 Å². The summed E-state index contributed by atoms with van der Waals surface area (Å²) in [4.78, 5) is 22.1. The van der Waals surface area contributed by atoms with Crippen LogP contribution in [-0.2, 0) is 4.79 Å². The molecular weight excluding hydrogens is 260 g/mol. The molecule has 18 heavy (non-hydrogen) atoms. The monoisotopic (exact) mass is 272 g/mol. The molecule has 4 N–H and O–H groups in total. The van der Waals surface area contributed by atoms with E-state index in [2.05, 4.69) is 10.6 Å². The molecule has 1 aromatic carbocycles. The summed E-state index contributed by atoms with van der Waals surface area (Å²) in [7, 11) is 0. The molecule has 0 heterocycles. The van der Waals surface area contributed by atoms with E-state index in [1.165, 1.54) is 0 Å². The van der Waals surface area contributed by atoms with Crippen LogP contribution in [0.2, 0.25) is 5.02 Å². The second-order valence-electron chi connectivity index (χ2n) is 3.66. The number of amides is 2. The molecule has 0 unspecified atom stereocenters. The first-order valence-electron chi connectivity index (χ1n) is 5.11. The second kappa shape index (κ2) is 6.23. The molecule has 0 radical (unpaired) electrons. The fraction of sp³-hybridized carbons (Fsp3) is 0.273. The lowest BCUT2D eigenvalue weighted by molar-refractivity contribution is -0.140. The van der Waals surface area contributed by atoms with Gasteiger partial charge in [-0.2, -0.15) is 0 Å². The number of rotatable bonds is 4. The molecule has 0 aromatic heterocycles. The predicted molar refractivity (Wildman–Crippen MR) is 66.9 cm³/mol. The van der Waals surface area contributed by atoms with E-state index in [-0.39, 0.29) is 0 Å². The second-order valence-corrected chi connectivity index (χ2v) is 4.06. The van der Waals surface area contributed by atoms with Gasteiger partial charge in [0.05, 0.1) is 17.3 Å². The molecule has 0 aliphatic carbocycles. The number of anilines is 1. The Hall–Kier alpha value is -1.79. The number of nitrogens with one attached hydrogen (secondary N) is 2. The van der Waals surface area contributed by atoms with Crippen LogP contribution in [0.15, 0.2) is 18.2 Å². The van der Waals surface area contributed by atoms with Crippen molar-refractivity contribution in [3.8, 4) is 0 Å². The molecule has 1 aromatic rings. The number of carboxylic acids is 1. The number of urea groups is 1. The Morgan fingerprint density at radius 1 is 1.44 bits per heavy atom. The zero-order valence-electron chi connectivity index (χ0n) is 9.61. The van der Waals surface area contributed by atoms with E-state index in [1.807, 2.05) is 6.92 Å². The summed E-state index contributed by atoms with van der Waals surface area (Å²) in [6.45, 7) is 1.14. The van der Waals surface area contributed by atoms with Crippen molar-refractivity contribution in [2.24, 2.45) is 0 Å². The predicted octanol–water partition coefficient (Wildman–Crippen LogP) is 1.22. The van der Waals surface area contributed by atoms with E-state index in [0.29, 0.717) is 10.7 Å². The van der Waals surface area contributed by atoms with Gasteiger partial charge in [0.15, 0.2) is 6.04 Å². The number of benzene rings is 1. The molecule has 6 nitrogen and oxygen atoms in total. The third kappa shape index (κ3) is 3.90. The highest BCUT2D eigenvalue weighted by Crippen LogP contribution is 2.22. The molecule has 7 heteroatoms. The summed E-state index contributed by atoms with van der Waals surface area (Å²) in [5.41, 5.74) is 1.27. The molecule has 0 aliphatic rings. The number of carboxylic acid groups (broad SMARTS) is 1. The molecule has 98 valence electrons. The SMILES string of the molecule is Cc1ccc(Cl)c(NC(=O)N[C@@H](CO)C(=O)O)c1. The van der Waals surface area contributed by atoms with Crippen LogP contribution in [0.4, 0.5) is 10.5 Å². The Kier molecular flexibility index (Phi) is 4.94. The fourth-order valence-corrected chi connectivity index (χ4v) is 1.40. The van der Waals surface area contributed by atoms with Gasteiger partial charge in [0, 0.05) is 0 Å². The van der Waals surface area contributed by atoms with Gasteiger partial charge in [-0.3, -0.25) is 0 Å². The number of carbonyl (C=O) groups is 2. The van der Waals surface area contributed by atoms with Crippen LogP contribution in [0.3, 0.4) is 0 Å². The maximum atomic E-state index is 11.5. The van der Waals surface area contributed by atoms with Gasteiger partial charge >= 0.3 is 12.0 Å². The van der Waals surface area contributed by atoms with Crippen molar-refractivity contribution in [2.45, 2.75) is 13.0 Å². The number of halogens is 1. The molecule has 1 rings (SSSR count). The quantitative estimate of drug-likeness (QED) is 0.662. The maximum Gasteiger partial charge on any atom is 0.328 e. The summed E-state index contributed by atoms with van der Waals surface area (Å²) >= 11 is 5.87. The highest BCUT2D eigenvalue weighted by molar-refractivity contribution is 6.33. The summed E-state index contributed by atoms with van der Waals surface area (Å²) in [5.74, 6) is -1.32. The van der Waals surface area contributed by atoms with Crippen molar-refractivity contribution in [3.63, 3.8) is 0 Å². The first kappa shape index (κ1) is 14.3. The Balaban J connectivity index is 2.70. The first-order chi connectivity index (χ1) is 8.43. The Morgan fingerprint density at radius 3 is 2.67 bits per heavy atom. The molecule has 0 fully saturated rings. The van der Waals surface area contributed by atoms with Crippen LogP contribution in [0, 0.1) is 6.92 Å². The van der Waals surface area contributed by atoms with Crippen molar-refractivity contribution in [1.29, 1.82) is 0 Å². The van der Waals surface area contributed by atoms with E-state index in [1.54, 1.807) is 18.2 Å². The van der Waals surface area contributed by atoms with Crippen molar-refractivity contribution >= 4 is 29.3 Å². The van der Waals surface area contributed by atoms with Gasteiger partial charge in [0.1, 0.15) is 0 Å². The van der Waals surface area contributed by atoms with E-state index in [9.17, 15) is 9.59 Å². The lowest BCUT2D eigenvalue weighted by atomic mass is 10.2. The maximum absolute atomic E-state index is 11.5. The minimum Gasteiger partial charge on any atom is -0.480 e. The van der Waals surface area contributed by atoms with Crippen LogP contribution in [0.1, 0.15) is 5.56 Å². The van der Waals surface area contributed by atoms with Crippen molar-refractivity contribution in [2.75, 3.05) is 11.9 Å². The van der Waals surface area contributed by atoms with E-state index >= 15 is 0 Å². The molecule has 2 amide bonds. The number of aliphatic hydroxyl groups excluding tert-OH is 1. The number of carbonyl (C=O) groups excluding carboxylic acids is 1. The van der Waals surface area contributed by atoms with E-state index in [4.69, 9.17) is 21.8 Å². The van der Waals surface area contributed by atoms with E-state index in [0.717, 1.165) is 5.56 Å². The normalized spacial score (nSPS) is 11.7. The summed E-state index contributed by atoms with van der Waals surface area (Å²) in [6, 6.07) is 2.95. The molecule has 0 saturated heterocycles. The van der Waals surface area contributed by atoms with Crippen LogP contribution >= 0.6 is 11.6 Å². The fourth-order valence-electron chi connectivity index (χ4n) is 1.24. The standard InChI is InChI=1S/C11H13ClN2O4/c1-6-2-3-7(12)8(4-6)13-11(18)14-9(5-15)10(16)17/h2-4,9,15H,5H2,1H3,(H,16,17)(H2,13,14,18)/t9-/m0/s1. The summed E-state index contributed by atoms with van der Waals surface area (Å²) in [5, 5.41) is 22.3. The van der Waals surface area contributed by atoms with Gasteiger partial charge in [-0.25, -0.2) is 9.59 Å². The van der Waals surface area contributed by atoms with Crippen LogP contribution in [-0.4, -0.2) is 34.9 Å². The first-order valence-corrected chi connectivity index (χ1v) is 5.49. The highest BCUT2D eigenvalue weighted by Gasteiger charge is 2.18. The van der Waals surface area contributed by atoms with Gasteiger partial charge < -0.3 is 20.8 Å². The Morgan fingerprint density at radius 2 is 2.11 bits per heavy atom. The zero-order chi connectivity index (χ0) is 13.7. The molecular formula is C11H13ClN2O4.